The molecule has 2 rings (SSSR count). The first-order valence-electron chi connectivity index (χ1n) is 3.65. The average molecular weight is 217 g/mol. The van der Waals surface area contributed by atoms with E-state index in [-0.39, 0.29) is 5.02 Å². The van der Waals surface area contributed by atoms with Crippen molar-refractivity contribution in [3.05, 3.63) is 28.7 Å². The summed E-state index contributed by atoms with van der Waals surface area (Å²) in [6.45, 7) is 0.321. The van der Waals surface area contributed by atoms with Crippen LogP contribution >= 0.6 is 23.1 Å². The maximum Gasteiger partial charge on any atom is 0.142 e. The summed E-state index contributed by atoms with van der Waals surface area (Å²) in [6, 6.07) is 2.95. The fraction of sp³-hybridized carbons (Fsp3) is 0.125. The largest absolute Gasteiger partial charge is 0.325 e. The quantitative estimate of drug-likeness (QED) is 0.796. The van der Waals surface area contributed by atoms with Crippen molar-refractivity contribution in [1.29, 1.82) is 0 Å². The van der Waals surface area contributed by atoms with Crippen LogP contribution < -0.4 is 5.73 Å². The van der Waals surface area contributed by atoms with Crippen molar-refractivity contribution in [2.75, 3.05) is 0 Å². The highest BCUT2D eigenvalue weighted by atomic mass is 35.5. The Bertz CT molecular complexity index is 455. The molecule has 0 aliphatic rings. The molecule has 68 valence electrons. The monoisotopic (exact) mass is 216 g/mol. The smallest absolute Gasteiger partial charge is 0.142 e. The SMILES string of the molecule is NCc1nsc2cc(Cl)c(F)cc12. The summed E-state index contributed by atoms with van der Waals surface area (Å²) in [4.78, 5) is 0. The molecule has 0 bridgehead atoms. The van der Waals surface area contributed by atoms with Gasteiger partial charge in [0.25, 0.3) is 0 Å². The van der Waals surface area contributed by atoms with Crippen LogP contribution in [0.3, 0.4) is 0 Å². The molecule has 5 heteroatoms. The van der Waals surface area contributed by atoms with Gasteiger partial charge in [-0.05, 0) is 23.7 Å². The summed E-state index contributed by atoms with van der Waals surface area (Å²) in [5, 5.41) is 0.883. The van der Waals surface area contributed by atoms with E-state index in [1.807, 2.05) is 0 Å². The molecule has 2 nitrogen and oxygen atoms in total. The molecule has 0 unspecified atom stereocenters. The lowest BCUT2D eigenvalue weighted by Gasteiger charge is -1.94. The van der Waals surface area contributed by atoms with Crippen LogP contribution in [0.5, 0.6) is 0 Å². The van der Waals surface area contributed by atoms with Gasteiger partial charge in [0.2, 0.25) is 0 Å². The Labute approximate surface area is 83.3 Å². The number of hydrogen-bond acceptors (Lipinski definition) is 3. The predicted octanol–water partition coefficient (Wildman–Crippen LogP) is 2.55. The van der Waals surface area contributed by atoms with Crippen molar-refractivity contribution < 1.29 is 4.39 Å². The van der Waals surface area contributed by atoms with Crippen molar-refractivity contribution in [2.24, 2.45) is 5.73 Å². The lowest BCUT2D eigenvalue weighted by Crippen LogP contribution is -1.96. The summed E-state index contributed by atoms with van der Waals surface area (Å²) in [7, 11) is 0. The molecular formula is C8H6ClFN2S. The molecule has 0 radical (unpaired) electrons. The van der Waals surface area contributed by atoms with Gasteiger partial charge >= 0.3 is 0 Å². The van der Waals surface area contributed by atoms with Gasteiger partial charge in [-0.25, -0.2) is 4.39 Å². The predicted molar refractivity (Wildman–Crippen MR) is 52.5 cm³/mol. The maximum absolute atomic E-state index is 13.0. The van der Waals surface area contributed by atoms with E-state index in [4.69, 9.17) is 17.3 Å². The molecule has 0 amide bonds. The number of hydrogen-bond donors (Lipinski definition) is 1. The first-order valence-corrected chi connectivity index (χ1v) is 4.81. The second kappa shape index (κ2) is 3.21. The standard InChI is InChI=1S/C8H6ClFN2S/c9-5-2-8-4(1-6(5)10)7(3-11)12-13-8/h1-2H,3,11H2. The third-order valence-corrected chi connectivity index (χ3v) is 2.92. The lowest BCUT2D eigenvalue weighted by molar-refractivity contribution is 0.630. The Morgan fingerprint density at radius 2 is 2.31 bits per heavy atom. The molecule has 0 saturated carbocycles. The maximum atomic E-state index is 13.0. The molecule has 13 heavy (non-hydrogen) atoms. The third kappa shape index (κ3) is 1.41. The summed E-state index contributed by atoms with van der Waals surface area (Å²) < 4.78 is 18.0. The molecule has 1 aromatic heterocycles. The minimum Gasteiger partial charge on any atom is -0.325 e. The van der Waals surface area contributed by atoms with Crippen LogP contribution in [0, 0.1) is 5.82 Å². The summed E-state index contributed by atoms with van der Waals surface area (Å²) >= 11 is 6.89. The first-order chi connectivity index (χ1) is 6.22. The van der Waals surface area contributed by atoms with E-state index >= 15 is 0 Å². The van der Waals surface area contributed by atoms with Gasteiger partial charge in [0, 0.05) is 11.9 Å². The lowest BCUT2D eigenvalue weighted by atomic mass is 10.2. The van der Waals surface area contributed by atoms with Gasteiger partial charge < -0.3 is 5.73 Å². The summed E-state index contributed by atoms with van der Waals surface area (Å²) in [5.74, 6) is -0.427. The second-order valence-corrected chi connectivity index (χ2v) is 3.81. The Hall–Kier alpha value is -0.710. The fourth-order valence-electron chi connectivity index (χ4n) is 1.13. The van der Waals surface area contributed by atoms with Gasteiger partial charge in [-0.2, -0.15) is 4.37 Å². The van der Waals surface area contributed by atoms with Crippen molar-refractivity contribution in [1.82, 2.24) is 4.37 Å². The van der Waals surface area contributed by atoms with Gasteiger partial charge in [-0.3, -0.25) is 0 Å². The molecule has 0 spiro atoms. The molecule has 2 aromatic rings. The number of fused-ring (bicyclic) bond motifs is 1. The zero-order valence-electron chi connectivity index (χ0n) is 6.55. The van der Waals surface area contributed by atoms with Crippen LogP contribution in [0.15, 0.2) is 12.1 Å². The molecule has 0 atom stereocenters. The van der Waals surface area contributed by atoms with Gasteiger partial charge in [0.15, 0.2) is 0 Å². The molecule has 0 aliphatic carbocycles. The van der Waals surface area contributed by atoms with Crippen molar-refractivity contribution in [2.45, 2.75) is 6.54 Å². The Morgan fingerprint density at radius 1 is 1.54 bits per heavy atom. The number of halogens is 2. The zero-order chi connectivity index (χ0) is 9.42. The number of nitrogens with zero attached hydrogens (tertiary/aromatic N) is 1. The second-order valence-electron chi connectivity index (χ2n) is 2.60. The van der Waals surface area contributed by atoms with E-state index in [2.05, 4.69) is 4.37 Å². The number of aromatic nitrogens is 1. The Kier molecular flexibility index (Phi) is 2.19. The molecule has 0 aliphatic heterocycles. The average Bonchev–Trinajstić information content (AvgIpc) is 2.48. The fourth-order valence-corrected chi connectivity index (χ4v) is 2.19. The van der Waals surface area contributed by atoms with Crippen LogP contribution in [0.2, 0.25) is 5.02 Å². The van der Waals surface area contributed by atoms with Crippen molar-refractivity contribution >= 4 is 33.2 Å². The summed E-state index contributed by atoms with van der Waals surface area (Å²) in [6.07, 6.45) is 0. The third-order valence-electron chi connectivity index (χ3n) is 1.78. The molecule has 2 N–H and O–H groups in total. The Balaban J connectivity index is 2.77. The van der Waals surface area contributed by atoms with Crippen LogP contribution in [-0.4, -0.2) is 4.37 Å². The summed E-state index contributed by atoms with van der Waals surface area (Å²) in [5.41, 5.74) is 6.16. The van der Waals surface area contributed by atoms with E-state index in [1.54, 1.807) is 6.07 Å². The molecule has 0 fully saturated rings. The molecular weight excluding hydrogens is 211 g/mol. The number of benzene rings is 1. The molecule has 0 saturated heterocycles. The van der Waals surface area contributed by atoms with Gasteiger partial charge in [-0.1, -0.05) is 11.6 Å². The van der Waals surface area contributed by atoms with E-state index in [1.165, 1.54) is 17.6 Å². The van der Waals surface area contributed by atoms with Crippen LogP contribution in [0.1, 0.15) is 5.69 Å². The van der Waals surface area contributed by atoms with Gasteiger partial charge in [0.05, 0.1) is 15.4 Å². The van der Waals surface area contributed by atoms with Crippen LogP contribution in [0.4, 0.5) is 4.39 Å². The Morgan fingerprint density at radius 3 is 3.00 bits per heavy atom. The first kappa shape index (κ1) is 8.87. The highest BCUT2D eigenvalue weighted by Gasteiger charge is 2.08. The van der Waals surface area contributed by atoms with Crippen LogP contribution in [-0.2, 0) is 6.54 Å². The topological polar surface area (TPSA) is 38.9 Å². The van der Waals surface area contributed by atoms with E-state index < -0.39 is 5.82 Å². The molecule has 1 aromatic carbocycles. The van der Waals surface area contributed by atoms with Crippen molar-refractivity contribution in [3.8, 4) is 0 Å². The minimum absolute atomic E-state index is 0.125. The van der Waals surface area contributed by atoms with Crippen LogP contribution in [0.25, 0.3) is 10.1 Å². The number of rotatable bonds is 1. The van der Waals surface area contributed by atoms with E-state index in [0.717, 1.165) is 15.8 Å². The normalized spacial score (nSPS) is 11.0. The van der Waals surface area contributed by atoms with Crippen molar-refractivity contribution in [3.63, 3.8) is 0 Å². The highest BCUT2D eigenvalue weighted by molar-refractivity contribution is 7.13. The van der Waals surface area contributed by atoms with Gasteiger partial charge in [-0.15, -0.1) is 0 Å². The van der Waals surface area contributed by atoms with E-state index in [0.29, 0.717) is 6.54 Å². The zero-order valence-corrected chi connectivity index (χ0v) is 8.12. The van der Waals surface area contributed by atoms with Gasteiger partial charge in [0.1, 0.15) is 5.82 Å². The number of nitrogens with two attached hydrogens (primary N) is 1. The highest BCUT2D eigenvalue weighted by Crippen LogP contribution is 2.27. The van der Waals surface area contributed by atoms with E-state index in [9.17, 15) is 4.39 Å². The minimum atomic E-state index is -0.427. The molecule has 1 heterocycles.